The van der Waals surface area contributed by atoms with Gasteiger partial charge in [-0.25, -0.2) is 0 Å². The minimum atomic E-state index is -2.45. The van der Waals surface area contributed by atoms with Crippen molar-refractivity contribution in [3.05, 3.63) is 138 Å². The molecular weight excluding hydrogens is 499 g/mol. The molecule has 1 unspecified atom stereocenters. The number of allylic oxidation sites excluding steroid dienone is 2. The maximum absolute atomic E-state index is 14.4. The first-order valence-electron chi connectivity index (χ1n) is 13.4. The van der Waals surface area contributed by atoms with Crippen LogP contribution < -0.4 is 15.9 Å². The zero-order valence-corrected chi connectivity index (χ0v) is 23.4. The highest BCUT2D eigenvalue weighted by Crippen LogP contribution is 2.58. The van der Waals surface area contributed by atoms with Crippen LogP contribution in [0.25, 0.3) is 0 Å². The lowest BCUT2D eigenvalue weighted by Gasteiger charge is -2.35. The zero-order valence-electron chi connectivity index (χ0n) is 22.5. The lowest BCUT2D eigenvalue weighted by atomic mass is 9.73. The number of benzene rings is 4. The summed E-state index contributed by atoms with van der Waals surface area (Å²) in [4.78, 5) is 28.1. The molecule has 1 aliphatic carbocycles. The van der Waals surface area contributed by atoms with Gasteiger partial charge in [-0.3, -0.25) is 9.59 Å². The molecular formula is C35H34O3P+. The van der Waals surface area contributed by atoms with E-state index >= 15 is 0 Å². The first-order chi connectivity index (χ1) is 18.8. The van der Waals surface area contributed by atoms with Gasteiger partial charge in [0, 0.05) is 24.0 Å². The molecule has 0 bridgehead atoms. The van der Waals surface area contributed by atoms with Crippen molar-refractivity contribution in [3.8, 4) is 0 Å². The van der Waals surface area contributed by atoms with Gasteiger partial charge in [0.25, 0.3) is 0 Å². The van der Waals surface area contributed by atoms with E-state index in [9.17, 15) is 14.7 Å². The molecule has 4 heteroatoms. The van der Waals surface area contributed by atoms with Gasteiger partial charge in [0.2, 0.25) is 0 Å². The quantitative estimate of drug-likeness (QED) is 0.203. The molecule has 0 saturated heterocycles. The normalized spacial score (nSPS) is 16.1. The number of aliphatic hydroxyl groups excluding tert-OH is 1. The topological polar surface area (TPSA) is 54.4 Å². The van der Waals surface area contributed by atoms with Gasteiger partial charge < -0.3 is 5.11 Å². The molecule has 0 heterocycles. The Labute approximate surface area is 231 Å². The number of hydrogen-bond donors (Lipinski definition) is 1. The summed E-state index contributed by atoms with van der Waals surface area (Å²) in [5, 5.41) is 14.8. The molecule has 0 spiro atoms. The van der Waals surface area contributed by atoms with E-state index < -0.39 is 13.2 Å². The molecule has 1 atom stereocenters. The Balaban J connectivity index is 1.79. The van der Waals surface area contributed by atoms with Crippen molar-refractivity contribution in [2.45, 2.75) is 26.7 Å². The summed E-state index contributed by atoms with van der Waals surface area (Å²) in [6.07, 6.45) is 1.09. The largest absolute Gasteiger partial charge is 0.512 e. The molecule has 4 aromatic rings. The highest BCUT2D eigenvalue weighted by Gasteiger charge is 2.51. The van der Waals surface area contributed by atoms with Gasteiger partial charge in [-0.2, -0.15) is 0 Å². The summed E-state index contributed by atoms with van der Waals surface area (Å²) in [6, 6.07) is 40.2. The molecule has 0 aliphatic heterocycles. The first-order valence-corrected chi connectivity index (χ1v) is 15.4. The molecule has 3 nitrogen and oxygen atoms in total. The number of rotatable bonds is 8. The van der Waals surface area contributed by atoms with Crippen LogP contribution in [0.2, 0.25) is 0 Å². The molecule has 0 amide bonds. The third kappa shape index (κ3) is 5.37. The summed E-state index contributed by atoms with van der Waals surface area (Å²) in [5.41, 5.74) is 0.485. The van der Waals surface area contributed by atoms with Crippen LogP contribution in [0.5, 0.6) is 0 Å². The summed E-state index contributed by atoms with van der Waals surface area (Å²) in [5.74, 6) is -0.995. The standard InChI is InChI=1S/C35H33O3P/c1-35(2)23-31(36)33(32(37)24-35)30(34(38)26-15-7-3-8-16-26)25-39(27-17-9-4-10-18-27,28-19-11-5-12-20-28)29-21-13-6-14-22-29/h3-22,30H,23-25H2,1-2H3/p+1. The lowest BCUT2D eigenvalue weighted by Crippen LogP contribution is -2.40. The molecule has 0 fully saturated rings. The Morgan fingerprint density at radius 3 is 1.54 bits per heavy atom. The summed E-state index contributed by atoms with van der Waals surface area (Å²) < 4.78 is 0. The van der Waals surface area contributed by atoms with Gasteiger partial charge in [0.05, 0.1) is 12.1 Å². The summed E-state index contributed by atoms with van der Waals surface area (Å²) >= 11 is 0. The number of aliphatic hydroxyl groups is 1. The van der Waals surface area contributed by atoms with Crippen molar-refractivity contribution < 1.29 is 14.7 Å². The molecule has 39 heavy (non-hydrogen) atoms. The van der Waals surface area contributed by atoms with E-state index in [1.807, 2.05) is 86.6 Å². The van der Waals surface area contributed by atoms with Gasteiger partial charge in [-0.1, -0.05) is 98.8 Å². The van der Waals surface area contributed by atoms with E-state index in [0.29, 0.717) is 24.6 Å². The molecule has 0 saturated carbocycles. The first kappa shape index (κ1) is 26.8. The van der Waals surface area contributed by atoms with Crippen LogP contribution in [0.3, 0.4) is 0 Å². The number of Topliss-reactive ketones (excluding diaryl/α,β-unsaturated/α-hetero) is 2. The van der Waals surface area contributed by atoms with E-state index in [1.165, 1.54) is 0 Å². The highest BCUT2D eigenvalue weighted by atomic mass is 31.2. The molecule has 196 valence electrons. The fourth-order valence-corrected chi connectivity index (χ4v) is 10.4. The van der Waals surface area contributed by atoms with Crippen molar-refractivity contribution in [2.24, 2.45) is 11.3 Å². The number of hydrogen-bond acceptors (Lipinski definition) is 3. The Morgan fingerprint density at radius 2 is 1.13 bits per heavy atom. The van der Waals surface area contributed by atoms with Gasteiger partial charge in [0.15, 0.2) is 11.6 Å². The summed E-state index contributed by atoms with van der Waals surface area (Å²) in [6.45, 7) is 3.97. The number of ketones is 2. The minimum absolute atomic E-state index is 0.0535. The average Bonchev–Trinajstić information content (AvgIpc) is 2.95. The molecule has 5 rings (SSSR count). The monoisotopic (exact) mass is 533 g/mol. The average molecular weight is 534 g/mol. The van der Waals surface area contributed by atoms with E-state index in [0.717, 1.165) is 15.9 Å². The van der Waals surface area contributed by atoms with Crippen LogP contribution in [-0.2, 0) is 4.79 Å². The van der Waals surface area contributed by atoms with Crippen molar-refractivity contribution in [2.75, 3.05) is 6.16 Å². The van der Waals surface area contributed by atoms with Crippen LogP contribution in [0.15, 0.2) is 133 Å². The van der Waals surface area contributed by atoms with Gasteiger partial charge in [-0.15, -0.1) is 0 Å². The fourth-order valence-electron chi connectivity index (χ4n) is 5.89. The smallest absolute Gasteiger partial charge is 0.174 e. The highest BCUT2D eigenvalue weighted by molar-refractivity contribution is 7.95. The van der Waals surface area contributed by atoms with Crippen molar-refractivity contribution >= 4 is 34.7 Å². The fraction of sp³-hybridized carbons (Fsp3) is 0.200. The zero-order chi connectivity index (χ0) is 27.5. The van der Waals surface area contributed by atoms with E-state index in [1.54, 1.807) is 12.1 Å². The van der Waals surface area contributed by atoms with Crippen LogP contribution in [-0.4, -0.2) is 22.8 Å². The molecule has 0 aromatic heterocycles. The predicted octanol–water partition coefficient (Wildman–Crippen LogP) is 6.68. The second-order valence-corrected chi connectivity index (χ2v) is 14.6. The third-order valence-corrected chi connectivity index (χ3v) is 12.1. The Morgan fingerprint density at radius 1 is 0.718 bits per heavy atom. The SMILES string of the molecule is CC1(C)CC(=O)C(C(C[P+](c2ccccc2)(c2ccccc2)c2ccccc2)C(=O)c2ccccc2)=C(O)C1. The third-order valence-electron chi connectivity index (χ3n) is 7.67. The number of carbonyl (C=O) groups excluding carboxylic acids is 2. The van der Waals surface area contributed by atoms with Crippen LogP contribution in [0.4, 0.5) is 0 Å². The Kier molecular flexibility index (Phi) is 7.64. The lowest BCUT2D eigenvalue weighted by molar-refractivity contribution is -0.119. The van der Waals surface area contributed by atoms with E-state index in [2.05, 4.69) is 36.4 Å². The Hall–Kier alpha value is -3.81. The number of carbonyl (C=O) groups is 2. The van der Waals surface area contributed by atoms with Crippen LogP contribution in [0.1, 0.15) is 37.0 Å². The maximum Gasteiger partial charge on any atom is 0.174 e. The van der Waals surface area contributed by atoms with Gasteiger partial charge >= 0.3 is 0 Å². The predicted molar refractivity (Wildman–Crippen MR) is 162 cm³/mol. The maximum atomic E-state index is 14.4. The second-order valence-electron chi connectivity index (χ2n) is 11.1. The minimum Gasteiger partial charge on any atom is -0.512 e. The van der Waals surface area contributed by atoms with Crippen LogP contribution >= 0.6 is 7.26 Å². The van der Waals surface area contributed by atoms with Crippen LogP contribution in [0, 0.1) is 11.3 Å². The van der Waals surface area contributed by atoms with Gasteiger partial charge in [-0.05, 0) is 41.8 Å². The molecule has 1 aliphatic rings. The molecule has 0 radical (unpaired) electrons. The van der Waals surface area contributed by atoms with Crippen molar-refractivity contribution in [3.63, 3.8) is 0 Å². The molecule has 4 aromatic carbocycles. The van der Waals surface area contributed by atoms with E-state index in [-0.39, 0.29) is 28.3 Å². The second kappa shape index (κ2) is 11.1. The van der Waals surface area contributed by atoms with Crippen molar-refractivity contribution in [1.29, 1.82) is 0 Å². The molecule has 1 N–H and O–H groups in total. The van der Waals surface area contributed by atoms with Gasteiger partial charge in [0.1, 0.15) is 28.9 Å². The van der Waals surface area contributed by atoms with E-state index in [4.69, 9.17) is 0 Å². The summed E-state index contributed by atoms with van der Waals surface area (Å²) in [7, 11) is -2.45. The Bertz CT molecular complexity index is 1380. The van der Waals surface area contributed by atoms with Crippen molar-refractivity contribution in [1.82, 2.24) is 0 Å².